The number of rotatable bonds is 7. The van der Waals surface area contributed by atoms with Crippen molar-refractivity contribution in [3.8, 4) is 5.75 Å². The standard InChI is InChI=1S/C17H21NO3/c19-16-6-2-1-5-14(16)12-18-15-10-8-13(9-11-15)4-3-7-17(20)21/h1-2,5-6,8,10-11,13,18-19H,3-4,7,9,12H2,(H,20,21). The van der Waals surface area contributed by atoms with Crippen LogP contribution >= 0.6 is 0 Å². The fourth-order valence-corrected chi connectivity index (χ4v) is 2.38. The molecule has 0 heterocycles. The number of carboxylic acid groups (broad SMARTS) is 1. The van der Waals surface area contributed by atoms with Gasteiger partial charge < -0.3 is 15.5 Å². The second-order valence-electron chi connectivity index (χ2n) is 5.28. The molecule has 1 unspecified atom stereocenters. The van der Waals surface area contributed by atoms with Gasteiger partial charge in [-0.1, -0.05) is 30.4 Å². The van der Waals surface area contributed by atoms with Crippen molar-refractivity contribution < 1.29 is 15.0 Å². The summed E-state index contributed by atoms with van der Waals surface area (Å²) in [5.74, 6) is 0.00678. The molecule has 1 aromatic rings. The number of benzene rings is 1. The monoisotopic (exact) mass is 287 g/mol. The maximum atomic E-state index is 10.5. The quantitative estimate of drug-likeness (QED) is 0.720. The van der Waals surface area contributed by atoms with E-state index in [-0.39, 0.29) is 6.42 Å². The molecule has 0 spiro atoms. The molecule has 0 amide bonds. The van der Waals surface area contributed by atoms with E-state index in [9.17, 15) is 9.90 Å². The SMILES string of the molecule is O=C(O)CCCC1C=CC(NCc2ccccc2O)=CC1. The van der Waals surface area contributed by atoms with E-state index in [0.717, 1.165) is 30.5 Å². The number of hydrogen-bond donors (Lipinski definition) is 3. The van der Waals surface area contributed by atoms with Crippen LogP contribution in [0.15, 0.2) is 48.2 Å². The molecule has 112 valence electrons. The molecule has 21 heavy (non-hydrogen) atoms. The van der Waals surface area contributed by atoms with Crippen LogP contribution in [0.2, 0.25) is 0 Å². The molecule has 2 rings (SSSR count). The van der Waals surface area contributed by atoms with Crippen molar-refractivity contribution in [2.75, 3.05) is 0 Å². The summed E-state index contributed by atoms with van der Waals surface area (Å²) in [6, 6.07) is 7.28. The molecular weight excluding hydrogens is 266 g/mol. The van der Waals surface area contributed by atoms with Crippen LogP contribution < -0.4 is 5.32 Å². The predicted molar refractivity (Wildman–Crippen MR) is 81.8 cm³/mol. The summed E-state index contributed by atoms with van der Waals surface area (Å²) in [5, 5.41) is 21.6. The zero-order valence-corrected chi connectivity index (χ0v) is 12.0. The van der Waals surface area contributed by atoms with Gasteiger partial charge in [0.05, 0.1) is 0 Å². The molecule has 1 aliphatic carbocycles. The molecule has 0 radical (unpaired) electrons. The van der Waals surface area contributed by atoms with Crippen molar-refractivity contribution in [3.05, 3.63) is 53.8 Å². The van der Waals surface area contributed by atoms with E-state index in [1.807, 2.05) is 18.2 Å². The fraction of sp³-hybridized carbons (Fsp3) is 0.353. The number of aliphatic carboxylic acids is 1. The Labute approximate surface area is 124 Å². The van der Waals surface area contributed by atoms with E-state index >= 15 is 0 Å². The number of carbonyl (C=O) groups is 1. The summed E-state index contributed by atoms with van der Waals surface area (Å²) < 4.78 is 0. The third-order valence-corrected chi connectivity index (χ3v) is 3.63. The van der Waals surface area contributed by atoms with Crippen LogP contribution in [0.4, 0.5) is 0 Å². The maximum Gasteiger partial charge on any atom is 0.303 e. The first-order chi connectivity index (χ1) is 10.1. The molecule has 0 bridgehead atoms. The van der Waals surface area contributed by atoms with Crippen molar-refractivity contribution in [3.63, 3.8) is 0 Å². The van der Waals surface area contributed by atoms with Gasteiger partial charge in [0.1, 0.15) is 5.75 Å². The Morgan fingerprint density at radius 3 is 2.81 bits per heavy atom. The Bertz CT molecular complexity index is 549. The molecule has 1 aliphatic rings. The van der Waals surface area contributed by atoms with Gasteiger partial charge in [-0.25, -0.2) is 0 Å². The van der Waals surface area contributed by atoms with Crippen molar-refractivity contribution in [1.29, 1.82) is 0 Å². The van der Waals surface area contributed by atoms with E-state index < -0.39 is 5.97 Å². The van der Waals surface area contributed by atoms with Crippen LogP contribution in [-0.4, -0.2) is 16.2 Å². The van der Waals surface area contributed by atoms with Gasteiger partial charge in [-0.05, 0) is 37.3 Å². The van der Waals surface area contributed by atoms with Gasteiger partial charge in [-0.3, -0.25) is 4.79 Å². The maximum absolute atomic E-state index is 10.5. The van der Waals surface area contributed by atoms with Crippen LogP contribution in [0, 0.1) is 5.92 Å². The van der Waals surface area contributed by atoms with Crippen molar-refractivity contribution >= 4 is 5.97 Å². The smallest absolute Gasteiger partial charge is 0.303 e. The van der Waals surface area contributed by atoms with Crippen LogP contribution in [-0.2, 0) is 11.3 Å². The van der Waals surface area contributed by atoms with Crippen LogP contribution in [0.1, 0.15) is 31.2 Å². The molecule has 0 aromatic heterocycles. The highest BCUT2D eigenvalue weighted by Crippen LogP contribution is 2.21. The van der Waals surface area contributed by atoms with Crippen molar-refractivity contribution in [1.82, 2.24) is 5.32 Å². The van der Waals surface area contributed by atoms with Gasteiger partial charge in [0.2, 0.25) is 0 Å². The number of nitrogens with one attached hydrogen (secondary N) is 1. The number of aromatic hydroxyl groups is 1. The second kappa shape index (κ2) is 7.53. The minimum Gasteiger partial charge on any atom is -0.508 e. The number of carboxylic acids is 1. The highest BCUT2D eigenvalue weighted by Gasteiger charge is 2.10. The molecule has 1 atom stereocenters. The Balaban J connectivity index is 1.75. The third kappa shape index (κ3) is 4.99. The van der Waals surface area contributed by atoms with Crippen molar-refractivity contribution in [2.45, 2.75) is 32.2 Å². The third-order valence-electron chi connectivity index (χ3n) is 3.63. The summed E-state index contributed by atoms with van der Waals surface area (Å²) in [7, 11) is 0. The summed E-state index contributed by atoms with van der Waals surface area (Å²) in [6.07, 6.45) is 9.10. The van der Waals surface area contributed by atoms with E-state index in [1.54, 1.807) is 12.1 Å². The van der Waals surface area contributed by atoms with Gasteiger partial charge in [0.25, 0.3) is 0 Å². The summed E-state index contributed by atoms with van der Waals surface area (Å²) in [5.41, 5.74) is 1.92. The molecule has 0 saturated heterocycles. The zero-order valence-electron chi connectivity index (χ0n) is 12.0. The lowest BCUT2D eigenvalue weighted by molar-refractivity contribution is -0.137. The predicted octanol–water partition coefficient (Wildman–Crippen LogP) is 3.20. The number of allylic oxidation sites excluding steroid dienone is 3. The van der Waals surface area contributed by atoms with Gasteiger partial charge in [-0.2, -0.15) is 0 Å². The molecule has 0 saturated carbocycles. The highest BCUT2D eigenvalue weighted by molar-refractivity contribution is 5.66. The van der Waals surface area contributed by atoms with E-state index in [1.165, 1.54) is 0 Å². The summed E-state index contributed by atoms with van der Waals surface area (Å²) in [6.45, 7) is 0.590. The van der Waals surface area contributed by atoms with Crippen molar-refractivity contribution in [2.24, 2.45) is 5.92 Å². The van der Waals surface area contributed by atoms with Gasteiger partial charge >= 0.3 is 5.97 Å². The second-order valence-corrected chi connectivity index (χ2v) is 5.28. The Hall–Kier alpha value is -2.23. The minimum atomic E-state index is -0.727. The number of para-hydroxylation sites is 1. The number of phenols is 1. The average molecular weight is 287 g/mol. The summed E-state index contributed by atoms with van der Waals surface area (Å²) in [4.78, 5) is 10.5. The number of phenolic OH excluding ortho intramolecular Hbond substituents is 1. The first-order valence-corrected chi connectivity index (χ1v) is 7.26. The fourth-order valence-electron chi connectivity index (χ4n) is 2.38. The van der Waals surface area contributed by atoms with Crippen LogP contribution in [0.5, 0.6) is 5.75 Å². The Morgan fingerprint density at radius 1 is 1.33 bits per heavy atom. The topological polar surface area (TPSA) is 69.6 Å². The first-order valence-electron chi connectivity index (χ1n) is 7.26. The Kier molecular flexibility index (Phi) is 5.43. The van der Waals surface area contributed by atoms with E-state index in [0.29, 0.717) is 18.2 Å². The Morgan fingerprint density at radius 2 is 2.14 bits per heavy atom. The largest absolute Gasteiger partial charge is 0.508 e. The highest BCUT2D eigenvalue weighted by atomic mass is 16.4. The van der Waals surface area contributed by atoms with Gasteiger partial charge in [0, 0.05) is 24.2 Å². The molecule has 4 nitrogen and oxygen atoms in total. The lowest BCUT2D eigenvalue weighted by Crippen LogP contribution is -2.14. The average Bonchev–Trinajstić information content (AvgIpc) is 2.47. The first kappa shape index (κ1) is 15.2. The molecule has 1 aromatic carbocycles. The van der Waals surface area contributed by atoms with Crippen LogP contribution in [0.25, 0.3) is 0 Å². The van der Waals surface area contributed by atoms with E-state index in [4.69, 9.17) is 5.11 Å². The molecule has 3 N–H and O–H groups in total. The molecule has 4 heteroatoms. The molecule has 0 fully saturated rings. The lowest BCUT2D eigenvalue weighted by atomic mass is 9.94. The lowest BCUT2D eigenvalue weighted by Gasteiger charge is -2.17. The molecular formula is C17H21NO3. The summed E-state index contributed by atoms with van der Waals surface area (Å²) >= 11 is 0. The number of hydrogen-bond acceptors (Lipinski definition) is 3. The van der Waals surface area contributed by atoms with Crippen LogP contribution in [0.3, 0.4) is 0 Å². The van der Waals surface area contributed by atoms with Gasteiger partial charge in [-0.15, -0.1) is 0 Å². The normalized spacial score (nSPS) is 17.3. The zero-order chi connectivity index (χ0) is 15.1. The van der Waals surface area contributed by atoms with E-state index in [2.05, 4.69) is 17.5 Å². The van der Waals surface area contributed by atoms with Gasteiger partial charge in [0.15, 0.2) is 0 Å². The molecule has 0 aliphatic heterocycles. The minimum absolute atomic E-state index is 0.243.